The van der Waals surface area contributed by atoms with Crippen molar-refractivity contribution in [1.29, 1.82) is 0 Å². The van der Waals surface area contributed by atoms with Gasteiger partial charge in [0.05, 0.1) is 18.4 Å². The maximum absolute atomic E-state index is 12.5. The number of rotatable bonds is 7. The molecule has 0 unspecified atom stereocenters. The quantitative estimate of drug-likeness (QED) is 0.777. The predicted molar refractivity (Wildman–Crippen MR) is 96.6 cm³/mol. The molecule has 9 heteroatoms. The number of alkyl halides is 3. The second kappa shape index (κ2) is 8.53. The highest BCUT2D eigenvalue weighted by Crippen LogP contribution is 2.29. The normalized spacial score (nSPS) is 12.2. The number of benzene rings is 2. The van der Waals surface area contributed by atoms with Gasteiger partial charge in [0.2, 0.25) is 15.9 Å². The van der Waals surface area contributed by atoms with Crippen molar-refractivity contribution in [3.8, 4) is 0 Å². The summed E-state index contributed by atoms with van der Waals surface area (Å²) in [5.41, 5.74) is 0.250. The smallest absolute Gasteiger partial charge is 0.325 e. The molecule has 1 N–H and O–H groups in total. The van der Waals surface area contributed by atoms with Crippen LogP contribution in [-0.2, 0) is 27.4 Å². The molecular formula is C18H19F3N2O3S. The molecule has 2 aromatic carbocycles. The Kier molecular flexibility index (Phi) is 6.61. The van der Waals surface area contributed by atoms with Crippen molar-refractivity contribution in [1.82, 2.24) is 4.31 Å². The molecule has 0 atom stereocenters. The zero-order valence-electron chi connectivity index (χ0n) is 14.5. The third-order valence-corrected chi connectivity index (χ3v) is 5.03. The van der Waals surface area contributed by atoms with E-state index in [1.165, 1.54) is 0 Å². The van der Waals surface area contributed by atoms with Gasteiger partial charge in [-0.3, -0.25) is 4.79 Å². The minimum Gasteiger partial charge on any atom is -0.325 e. The standard InChI is InChI=1S/C18H19F3N2O3S/c1-27(25,26)23(12-11-14-5-3-2-4-6-14)13-17(24)22-16-9-7-15(8-10-16)18(19,20)21/h2-10H,11-13H2,1H3,(H,22,24). The van der Waals surface area contributed by atoms with Crippen molar-refractivity contribution in [3.05, 3.63) is 65.7 Å². The summed E-state index contributed by atoms with van der Waals surface area (Å²) in [6, 6.07) is 13.1. The maximum Gasteiger partial charge on any atom is 0.416 e. The number of halogens is 3. The lowest BCUT2D eigenvalue weighted by Gasteiger charge is -2.19. The molecule has 0 aromatic heterocycles. The van der Waals surface area contributed by atoms with E-state index >= 15 is 0 Å². The third-order valence-electron chi connectivity index (χ3n) is 3.78. The van der Waals surface area contributed by atoms with E-state index in [-0.39, 0.29) is 12.2 Å². The number of hydrogen-bond donors (Lipinski definition) is 1. The number of sulfonamides is 1. The first kappa shape index (κ1) is 20.9. The number of nitrogens with zero attached hydrogens (tertiary/aromatic N) is 1. The van der Waals surface area contributed by atoms with Gasteiger partial charge in [-0.05, 0) is 36.2 Å². The molecule has 0 saturated carbocycles. The maximum atomic E-state index is 12.5. The minimum absolute atomic E-state index is 0.114. The van der Waals surface area contributed by atoms with E-state index < -0.39 is 34.2 Å². The highest BCUT2D eigenvalue weighted by molar-refractivity contribution is 7.88. The Balaban J connectivity index is 1.99. The van der Waals surface area contributed by atoms with Crippen molar-refractivity contribution >= 4 is 21.6 Å². The Hall–Kier alpha value is -2.39. The van der Waals surface area contributed by atoms with E-state index in [1.807, 2.05) is 30.3 Å². The summed E-state index contributed by atoms with van der Waals surface area (Å²) in [6.45, 7) is -0.310. The van der Waals surface area contributed by atoms with Crippen molar-refractivity contribution in [3.63, 3.8) is 0 Å². The fraction of sp³-hybridized carbons (Fsp3) is 0.278. The predicted octanol–water partition coefficient (Wildman–Crippen LogP) is 3.15. The van der Waals surface area contributed by atoms with E-state index in [0.717, 1.165) is 40.4 Å². The van der Waals surface area contributed by atoms with E-state index in [9.17, 15) is 26.4 Å². The molecule has 1 amide bonds. The van der Waals surface area contributed by atoms with E-state index in [1.54, 1.807) is 0 Å². The molecule has 0 aliphatic heterocycles. The number of amides is 1. The van der Waals surface area contributed by atoms with Gasteiger partial charge in [-0.2, -0.15) is 17.5 Å². The van der Waals surface area contributed by atoms with Crippen LogP contribution in [0.25, 0.3) is 0 Å². The summed E-state index contributed by atoms with van der Waals surface area (Å²) in [7, 11) is -3.62. The van der Waals surface area contributed by atoms with Crippen LogP contribution in [0.2, 0.25) is 0 Å². The van der Waals surface area contributed by atoms with Crippen LogP contribution in [0, 0.1) is 0 Å². The van der Waals surface area contributed by atoms with Crippen LogP contribution in [0.1, 0.15) is 11.1 Å². The van der Waals surface area contributed by atoms with Crippen molar-refractivity contribution < 1.29 is 26.4 Å². The Morgan fingerprint density at radius 3 is 2.15 bits per heavy atom. The van der Waals surface area contributed by atoms with E-state index in [2.05, 4.69) is 5.32 Å². The van der Waals surface area contributed by atoms with Gasteiger partial charge in [0.25, 0.3) is 0 Å². The van der Waals surface area contributed by atoms with Gasteiger partial charge in [0.1, 0.15) is 0 Å². The van der Waals surface area contributed by atoms with Gasteiger partial charge < -0.3 is 5.32 Å². The average Bonchev–Trinajstić information content (AvgIpc) is 2.58. The topological polar surface area (TPSA) is 66.5 Å². The molecule has 5 nitrogen and oxygen atoms in total. The van der Waals surface area contributed by atoms with Crippen LogP contribution in [-0.4, -0.2) is 38.0 Å². The molecule has 146 valence electrons. The first-order chi connectivity index (χ1) is 12.6. The first-order valence-corrected chi connectivity index (χ1v) is 9.87. The molecule has 0 heterocycles. The van der Waals surface area contributed by atoms with Crippen molar-refractivity contribution in [2.24, 2.45) is 0 Å². The zero-order valence-corrected chi connectivity index (χ0v) is 15.3. The monoisotopic (exact) mass is 400 g/mol. The molecule has 0 spiro atoms. The van der Waals surface area contributed by atoms with Crippen molar-refractivity contribution in [2.45, 2.75) is 12.6 Å². The highest BCUT2D eigenvalue weighted by atomic mass is 32.2. The lowest BCUT2D eigenvalue weighted by atomic mass is 10.1. The fourth-order valence-electron chi connectivity index (χ4n) is 2.36. The number of carbonyl (C=O) groups is 1. The van der Waals surface area contributed by atoms with E-state index in [0.29, 0.717) is 6.42 Å². The van der Waals surface area contributed by atoms with Crippen LogP contribution >= 0.6 is 0 Å². The molecule has 0 fully saturated rings. The van der Waals surface area contributed by atoms with Gasteiger partial charge >= 0.3 is 6.18 Å². The summed E-state index contributed by atoms with van der Waals surface area (Å²) < 4.78 is 62.5. The molecule has 0 radical (unpaired) electrons. The van der Waals surface area contributed by atoms with E-state index in [4.69, 9.17) is 0 Å². The fourth-order valence-corrected chi connectivity index (χ4v) is 3.14. The summed E-state index contributed by atoms with van der Waals surface area (Å²) in [5.74, 6) is -0.631. The third kappa shape index (κ3) is 6.69. The molecular weight excluding hydrogens is 381 g/mol. The van der Waals surface area contributed by atoms with Crippen LogP contribution in [0.4, 0.5) is 18.9 Å². The zero-order chi connectivity index (χ0) is 20.1. The Bertz CT molecular complexity index is 867. The molecule has 27 heavy (non-hydrogen) atoms. The average molecular weight is 400 g/mol. The van der Waals surface area contributed by atoms with Gasteiger partial charge in [0.15, 0.2) is 0 Å². The largest absolute Gasteiger partial charge is 0.416 e. The number of nitrogens with one attached hydrogen (secondary N) is 1. The van der Waals surface area contributed by atoms with Crippen LogP contribution < -0.4 is 5.32 Å². The molecule has 0 aliphatic rings. The van der Waals surface area contributed by atoms with Gasteiger partial charge in [0, 0.05) is 12.2 Å². The molecule has 0 saturated heterocycles. The number of carbonyl (C=O) groups excluding carboxylic acids is 1. The molecule has 0 bridgehead atoms. The number of anilines is 1. The lowest BCUT2D eigenvalue weighted by Crippen LogP contribution is -2.38. The minimum atomic E-state index is -4.47. The first-order valence-electron chi connectivity index (χ1n) is 8.02. The second-order valence-corrected chi connectivity index (χ2v) is 7.94. The van der Waals surface area contributed by atoms with Crippen molar-refractivity contribution in [2.75, 3.05) is 24.7 Å². The summed E-state index contributed by atoms with van der Waals surface area (Å²) in [5, 5.41) is 2.41. The molecule has 0 aliphatic carbocycles. The summed E-state index contributed by atoms with van der Waals surface area (Å²) in [4.78, 5) is 12.1. The molecule has 2 rings (SSSR count). The van der Waals surface area contributed by atoms with Gasteiger partial charge in [-0.25, -0.2) is 8.42 Å². The Labute approximate surface area is 155 Å². The Morgan fingerprint density at radius 1 is 1.04 bits per heavy atom. The van der Waals surface area contributed by atoms with Gasteiger partial charge in [-0.1, -0.05) is 30.3 Å². The summed E-state index contributed by atoms with van der Waals surface area (Å²) in [6.07, 6.45) is -3.03. The Morgan fingerprint density at radius 2 is 1.63 bits per heavy atom. The van der Waals surface area contributed by atoms with Crippen LogP contribution in [0.3, 0.4) is 0 Å². The lowest BCUT2D eigenvalue weighted by molar-refractivity contribution is -0.137. The highest BCUT2D eigenvalue weighted by Gasteiger charge is 2.30. The summed E-state index contributed by atoms with van der Waals surface area (Å²) >= 11 is 0. The number of hydrogen-bond acceptors (Lipinski definition) is 3. The second-order valence-electron chi connectivity index (χ2n) is 5.96. The van der Waals surface area contributed by atoms with Gasteiger partial charge in [-0.15, -0.1) is 0 Å². The van der Waals surface area contributed by atoms with Crippen LogP contribution in [0.15, 0.2) is 54.6 Å². The van der Waals surface area contributed by atoms with Crippen LogP contribution in [0.5, 0.6) is 0 Å². The SMILES string of the molecule is CS(=O)(=O)N(CCc1ccccc1)CC(=O)Nc1ccc(C(F)(F)F)cc1. The molecule has 2 aromatic rings.